The van der Waals surface area contributed by atoms with E-state index in [1.54, 1.807) is 0 Å². The molecule has 2 rings (SSSR count). The first kappa shape index (κ1) is 17.3. The van der Waals surface area contributed by atoms with Gasteiger partial charge in [-0.1, -0.05) is 30.3 Å². The number of halogens is 3. The van der Waals surface area contributed by atoms with Crippen LogP contribution in [0, 0.1) is 11.8 Å². The average Bonchev–Trinajstić information content (AvgIpc) is 2.90. The van der Waals surface area contributed by atoms with Crippen LogP contribution in [0.25, 0.3) is 0 Å². The molecule has 23 heavy (non-hydrogen) atoms. The SMILES string of the molecule is O=C(CN1C[C@@H](C(F)(F)F)[C@H](C(=O)O)C1)NCc1ccccc1. The molecule has 5 nitrogen and oxygen atoms in total. The van der Waals surface area contributed by atoms with Gasteiger partial charge in [0.15, 0.2) is 0 Å². The van der Waals surface area contributed by atoms with E-state index in [0.717, 1.165) is 5.56 Å². The Morgan fingerprint density at radius 1 is 1.22 bits per heavy atom. The Kier molecular flexibility index (Phi) is 5.25. The number of alkyl halides is 3. The van der Waals surface area contributed by atoms with Crippen LogP contribution in [0.3, 0.4) is 0 Å². The molecule has 2 N–H and O–H groups in total. The molecule has 0 aromatic heterocycles. The highest BCUT2D eigenvalue weighted by molar-refractivity contribution is 5.78. The monoisotopic (exact) mass is 330 g/mol. The number of nitrogens with one attached hydrogen (secondary N) is 1. The largest absolute Gasteiger partial charge is 0.481 e. The van der Waals surface area contributed by atoms with E-state index in [9.17, 15) is 22.8 Å². The Bertz CT molecular complexity index is 563. The van der Waals surface area contributed by atoms with Crippen LogP contribution in [0.4, 0.5) is 13.2 Å². The second-order valence-corrected chi connectivity index (χ2v) is 5.55. The third-order valence-electron chi connectivity index (χ3n) is 3.83. The number of carbonyl (C=O) groups excluding carboxylic acids is 1. The highest BCUT2D eigenvalue weighted by Crippen LogP contribution is 2.37. The van der Waals surface area contributed by atoms with Crippen molar-refractivity contribution < 1.29 is 27.9 Å². The normalized spacial score (nSPS) is 22.0. The molecule has 1 aliphatic heterocycles. The van der Waals surface area contributed by atoms with Crippen molar-refractivity contribution >= 4 is 11.9 Å². The molecule has 8 heteroatoms. The van der Waals surface area contributed by atoms with Crippen molar-refractivity contribution in [2.45, 2.75) is 12.7 Å². The van der Waals surface area contributed by atoms with Gasteiger partial charge in [-0.2, -0.15) is 13.2 Å². The third-order valence-corrected chi connectivity index (χ3v) is 3.83. The van der Waals surface area contributed by atoms with E-state index in [-0.39, 0.29) is 19.6 Å². The zero-order chi connectivity index (χ0) is 17.0. The van der Waals surface area contributed by atoms with Crippen LogP contribution in [-0.4, -0.2) is 47.7 Å². The molecule has 1 aromatic rings. The quantitative estimate of drug-likeness (QED) is 0.858. The summed E-state index contributed by atoms with van der Waals surface area (Å²) in [5.74, 6) is -5.39. The zero-order valence-electron chi connectivity index (χ0n) is 12.2. The molecular weight excluding hydrogens is 313 g/mol. The maximum atomic E-state index is 12.9. The van der Waals surface area contributed by atoms with Gasteiger partial charge in [0, 0.05) is 19.6 Å². The number of carboxylic acid groups (broad SMARTS) is 1. The van der Waals surface area contributed by atoms with E-state index in [0.29, 0.717) is 0 Å². The van der Waals surface area contributed by atoms with E-state index >= 15 is 0 Å². The van der Waals surface area contributed by atoms with E-state index in [1.165, 1.54) is 4.90 Å². The third kappa shape index (κ3) is 4.69. The number of nitrogens with zero attached hydrogens (tertiary/aromatic N) is 1. The molecule has 0 aliphatic carbocycles. The Balaban J connectivity index is 1.88. The maximum absolute atomic E-state index is 12.9. The lowest BCUT2D eigenvalue weighted by Gasteiger charge is -2.18. The number of rotatable bonds is 5. The van der Waals surface area contributed by atoms with Crippen molar-refractivity contribution in [1.29, 1.82) is 0 Å². The van der Waals surface area contributed by atoms with Crippen molar-refractivity contribution in [3.8, 4) is 0 Å². The van der Waals surface area contributed by atoms with Crippen LogP contribution in [0.5, 0.6) is 0 Å². The molecule has 0 spiro atoms. The minimum atomic E-state index is -4.58. The predicted octanol–water partition coefficient (Wildman–Crippen LogP) is 1.50. The summed E-state index contributed by atoms with van der Waals surface area (Å²) in [5.41, 5.74) is 0.874. The molecule has 0 bridgehead atoms. The topological polar surface area (TPSA) is 69.6 Å². The number of aliphatic carboxylic acids is 1. The fourth-order valence-electron chi connectivity index (χ4n) is 2.65. The van der Waals surface area contributed by atoms with Crippen LogP contribution in [0.15, 0.2) is 30.3 Å². The molecule has 1 aliphatic rings. The van der Waals surface area contributed by atoms with Crippen molar-refractivity contribution in [2.24, 2.45) is 11.8 Å². The molecule has 1 fully saturated rings. The highest BCUT2D eigenvalue weighted by atomic mass is 19.4. The van der Waals surface area contributed by atoms with E-state index < -0.39 is 36.4 Å². The fourth-order valence-corrected chi connectivity index (χ4v) is 2.65. The van der Waals surface area contributed by atoms with Crippen LogP contribution < -0.4 is 5.32 Å². The molecule has 126 valence electrons. The van der Waals surface area contributed by atoms with Crippen LogP contribution in [-0.2, 0) is 16.1 Å². The van der Waals surface area contributed by atoms with Crippen molar-refractivity contribution in [3.05, 3.63) is 35.9 Å². The Labute approximate surface area is 131 Å². The fraction of sp³-hybridized carbons (Fsp3) is 0.467. The smallest absolute Gasteiger partial charge is 0.393 e. The van der Waals surface area contributed by atoms with Gasteiger partial charge in [-0.25, -0.2) is 0 Å². The number of benzene rings is 1. The van der Waals surface area contributed by atoms with Crippen LogP contribution in [0.2, 0.25) is 0 Å². The molecule has 0 unspecified atom stereocenters. The minimum absolute atomic E-state index is 0.247. The molecule has 1 saturated heterocycles. The predicted molar refractivity (Wildman–Crippen MR) is 75.4 cm³/mol. The molecule has 1 aromatic carbocycles. The van der Waals surface area contributed by atoms with E-state index in [4.69, 9.17) is 5.11 Å². The number of carbonyl (C=O) groups is 2. The summed E-state index contributed by atoms with van der Waals surface area (Å²) < 4.78 is 38.6. The average molecular weight is 330 g/mol. The van der Waals surface area contributed by atoms with Gasteiger partial charge in [-0.3, -0.25) is 14.5 Å². The zero-order valence-corrected chi connectivity index (χ0v) is 12.2. The first-order valence-electron chi connectivity index (χ1n) is 7.10. The maximum Gasteiger partial charge on any atom is 0.393 e. The van der Waals surface area contributed by atoms with Crippen molar-refractivity contribution in [2.75, 3.05) is 19.6 Å². The summed E-state index contributed by atoms with van der Waals surface area (Å²) >= 11 is 0. The lowest BCUT2D eigenvalue weighted by Crippen LogP contribution is -2.36. The molecule has 1 heterocycles. The summed E-state index contributed by atoms with van der Waals surface area (Å²) in [6.45, 7) is -0.723. The first-order chi connectivity index (χ1) is 10.8. The van der Waals surface area contributed by atoms with E-state index in [1.807, 2.05) is 30.3 Å². The second-order valence-electron chi connectivity index (χ2n) is 5.55. The minimum Gasteiger partial charge on any atom is -0.481 e. The highest BCUT2D eigenvalue weighted by Gasteiger charge is 2.52. The molecule has 0 radical (unpaired) electrons. The summed E-state index contributed by atoms with van der Waals surface area (Å²) in [6, 6.07) is 9.09. The van der Waals surface area contributed by atoms with Gasteiger partial charge in [0.05, 0.1) is 18.4 Å². The summed E-state index contributed by atoms with van der Waals surface area (Å²) in [5, 5.41) is 11.5. The van der Waals surface area contributed by atoms with Gasteiger partial charge < -0.3 is 10.4 Å². The van der Waals surface area contributed by atoms with Crippen molar-refractivity contribution in [3.63, 3.8) is 0 Å². The Morgan fingerprint density at radius 3 is 2.39 bits per heavy atom. The van der Waals surface area contributed by atoms with Gasteiger partial charge in [0.2, 0.25) is 5.91 Å². The van der Waals surface area contributed by atoms with Crippen molar-refractivity contribution in [1.82, 2.24) is 10.2 Å². The Morgan fingerprint density at radius 2 is 1.87 bits per heavy atom. The number of hydrogen-bond acceptors (Lipinski definition) is 3. The summed E-state index contributed by atoms with van der Waals surface area (Å²) in [4.78, 5) is 24.0. The lowest BCUT2D eigenvalue weighted by atomic mass is 9.96. The van der Waals surface area contributed by atoms with Crippen LogP contribution in [0.1, 0.15) is 5.56 Å². The molecule has 1 amide bonds. The second kappa shape index (κ2) is 6.99. The molecule has 2 atom stereocenters. The van der Waals surface area contributed by atoms with Gasteiger partial charge >= 0.3 is 12.1 Å². The van der Waals surface area contributed by atoms with E-state index in [2.05, 4.69) is 5.32 Å². The number of likely N-dealkylation sites (tertiary alicyclic amines) is 1. The lowest BCUT2D eigenvalue weighted by molar-refractivity contribution is -0.188. The number of hydrogen-bond donors (Lipinski definition) is 2. The summed E-state index contributed by atoms with van der Waals surface area (Å²) in [7, 11) is 0. The molecule has 0 saturated carbocycles. The van der Waals surface area contributed by atoms with Gasteiger partial charge in [0.1, 0.15) is 0 Å². The Hall–Kier alpha value is -2.09. The standard InChI is InChI=1S/C15H17F3N2O3/c16-15(17,18)12-8-20(7-11(12)14(22)23)9-13(21)19-6-10-4-2-1-3-5-10/h1-5,11-12H,6-9H2,(H,19,21)(H,22,23)/t11-,12-/m1/s1. The summed E-state index contributed by atoms with van der Waals surface area (Å²) in [6.07, 6.45) is -4.58. The first-order valence-corrected chi connectivity index (χ1v) is 7.10. The van der Waals surface area contributed by atoms with Gasteiger partial charge in [-0.15, -0.1) is 0 Å². The van der Waals surface area contributed by atoms with Crippen LogP contribution >= 0.6 is 0 Å². The van der Waals surface area contributed by atoms with Gasteiger partial charge in [-0.05, 0) is 5.56 Å². The van der Waals surface area contributed by atoms with Gasteiger partial charge in [0.25, 0.3) is 0 Å². The number of amides is 1. The molecular formula is C15H17F3N2O3. The number of carboxylic acids is 1.